The highest BCUT2D eigenvalue weighted by Gasteiger charge is 2.36. The van der Waals surface area contributed by atoms with Crippen molar-refractivity contribution in [2.75, 3.05) is 31.5 Å². The maximum Gasteiger partial charge on any atom is 0.437 e. The largest absolute Gasteiger partial charge is 0.444 e. The van der Waals surface area contributed by atoms with Gasteiger partial charge in [0.15, 0.2) is 0 Å². The number of anilines is 1. The van der Waals surface area contributed by atoms with Crippen LogP contribution >= 0.6 is 0 Å². The van der Waals surface area contributed by atoms with Gasteiger partial charge in [-0.3, -0.25) is 15.4 Å². The van der Waals surface area contributed by atoms with Gasteiger partial charge in [-0.1, -0.05) is 18.2 Å². The predicted molar refractivity (Wildman–Crippen MR) is 240 cm³/mol. The molecule has 360 valence electrons. The number of nitrogens with one attached hydrogen (secondary N) is 3. The van der Waals surface area contributed by atoms with E-state index in [-0.39, 0.29) is 67.8 Å². The van der Waals surface area contributed by atoms with E-state index in [1.807, 2.05) is 0 Å². The van der Waals surface area contributed by atoms with E-state index in [9.17, 15) is 37.1 Å². The third-order valence-corrected chi connectivity index (χ3v) is 8.94. The van der Waals surface area contributed by atoms with Crippen LogP contribution in [0.2, 0.25) is 0 Å². The third kappa shape index (κ3) is 16.5. The minimum absolute atomic E-state index is 0.0295. The van der Waals surface area contributed by atoms with Gasteiger partial charge in [-0.25, -0.2) is 23.6 Å². The molecule has 2 aliphatic rings. The van der Waals surface area contributed by atoms with Crippen LogP contribution in [-0.2, 0) is 25.1 Å². The van der Waals surface area contributed by atoms with Crippen molar-refractivity contribution in [3.63, 3.8) is 0 Å². The summed E-state index contributed by atoms with van der Waals surface area (Å²) in [6.07, 6.45) is -4.95. The molecule has 0 spiro atoms. The number of alkyl carbamates (subject to hydrolysis) is 2. The Hall–Kier alpha value is -6.47. The molecule has 5 amide bonds. The number of benzene rings is 2. The van der Waals surface area contributed by atoms with Crippen molar-refractivity contribution in [3.8, 4) is 0 Å². The quantitative estimate of drug-likeness (QED) is 0.115. The van der Waals surface area contributed by atoms with E-state index in [0.29, 0.717) is 11.1 Å². The number of amides is 5. The number of carbonyl (C=O) groups is 5. The Bertz CT molecular complexity index is 2310. The molecular weight excluding hydrogens is 871 g/mol. The molecule has 16 nitrogen and oxygen atoms in total. The van der Waals surface area contributed by atoms with E-state index in [0.717, 1.165) is 18.2 Å². The molecule has 2 aromatic rings. The minimum atomic E-state index is -4.95. The first-order valence-corrected chi connectivity index (χ1v) is 21.1. The molecule has 0 fully saturated rings. The zero-order valence-electron chi connectivity index (χ0n) is 39.3. The molecule has 66 heavy (non-hydrogen) atoms. The molecule has 0 aromatic heterocycles. The fraction of sp³-hybridized carbons (Fsp3) is 0.500. The van der Waals surface area contributed by atoms with Crippen molar-refractivity contribution in [1.82, 2.24) is 20.4 Å². The molecule has 0 bridgehead atoms. The zero-order valence-corrected chi connectivity index (χ0v) is 39.3. The average Bonchev–Trinajstić information content (AvgIpc) is 3.14. The summed E-state index contributed by atoms with van der Waals surface area (Å²) < 4.78 is 80.5. The Labute approximate surface area is 381 Å². The van der Waals surface area contributed by atoms with Crippen molar-refractivity contribution in [3.05, 3.63) is 76.6 Å². The Kier molecular flexibility index (Phi) is 16.1. The zero-order chi connectivity index (χ0) is 49.6. The normalized spacial score (nSPS) is 15.5. The summed E-state index contributed by atoms with van der Waals surface area (Å²) in [6.45, 7) is 20.3. The van der Waals surface area contributed by atoms with Gasteiger partial charge < -0.3 is 34.1 Å². The van der Waals surface area contributed by atoms with Crippen LogP contribution in [0.4, 0.5) is 42.4 Å². The highest BCUT2D eigenvalue weighted by molar-refractivity contribution is 6.06. The van der Waals surface area contributed by atoms with Gasteiger partial charge in [0.05, 0.1) is 11.1 Å². The summed E-state index contributed by atoms with van der Waals surface area (Å²) in [4.78, 5) is 74.8. The average molecular weight is 930 g/mol. The van der Waals surface area contributed by atoms with Gasteiger partial charge in [-0.05, 0) is 143 Å². The fourth-order valence-corrected chi connectivity index (χ4v) is 6.35. The lowest BCUT2D eigenvalue weighted by Crippen LogP contribution is -2.48. The number of alkyl halides is 3. The number of hydrogen-bond donors (Lipinski definition) is 3. The second-order valence-corrected chi connectivity index (χ2v) is 19.3. The lowest BCUT2D eigenvalue weighted by atomic mass is 9.94. The number of hydrogen-bond acceptors (Lipinski definition) is 9. The Morgan fingerprint density at radius 1 is 0.606 bits per heavy atom. The molecule has 0 radical (unpaired) electrons. The van der Waals surface area contributed by atoms with Crippen LogP contribution in [0.15, 0.2) is 58.5 Å². The lowest BCUT2D eigenvalue weighted by Gasteiger charge is -2.30. The topological polar surface area (TPSA) is 190 Å². The molecule has 0 aliphatic carbocycles. The molecule has 2 aliphatic heterocycles. The second kappa shape index (κ2) is 20.4. The summed E-state index contributed by atoms with van der Waals surface area (Å²) in [7, 11) is 0. The minimum Gasteiger partial charge on any atom is -0.444 e. The standard InChI is InChI=1S/C46H59F4N7O9/c1-42(2,3)63-38(59)52-36(53-39(60)64-43(4,5)6)56-21-17-27(18-22-56)29-13-15-32(33(25-29)46(48,49)50)35(58)51-30-14-16-31(34(47)26-30)28-19-23-57(24-20-28)37(54-40(61)65-44(7,8)9)55-41(62)66-45(10,11)12/h13-17,19,25-26H,18,20-24H2,1-12H3,(H,51,58)(H,52,53,59,60)(H,54,55,61,62). The first-order chi connectivity index (χ1) is 30.2. The third-order valence-electron chi connectivity index (χ3n) is 8.94. The van der Waals surface area contributed by atoms with Crippen LogP contribution in [0.5, 0.6) is 0 Å². The van der Waals surface area contributed by atoms with E-state index >= 15 is 4.39 Å². The van der Waals surface area contributed by atoms with Crippen LogP contribution in [0.3, 0.4) is 0 Å². The van der Waals surface area contributed by atoms with Gasteiger partial charge in [-0.15, -0.1) is 9.98 Å². The molecular formula is C46H59F4N7O9. The van der Waals surface area contributed by atoms with Crippen LogP contribution in [0.1, 0.15) is 123 Å². The number of halogens is 4. The van der Waals surface area contributed by atoms with E-state index in [4.69, 9.17) is 18.9 Å². The van der Waals surface area contributed by atoms with Crippen LogP contribution in [-0.4, -0.2) is 101 Å². The van der Waals surface area contributed by atoms with Crippen molar-refractivity contribution < 1.29 is 60.5 Å². The van der Waals surface area contributed by atoms with Gasteiger partial charge in [0, 0.05) is 37.4 Å². The Morgan fingerprint density at radius 3 is 1.45 bits per heavy atom. The predicted octanol–water partition coefficient (Wildman–Crippen LogP) is 9.91. The Morgan fingerprint density at radius 2 is 1.06 bits per heavy atom. The fourth-order valence-electron chi connectivity index (χ4n) is 6.35. The number of carbonyl (C=O) groups excluding carboxylic acids is 5. The molecule has 3 N–H and O–H groups in total. The van der Waals surface area contributed by atoms with E-state index in [1.165, 1.54) is 23.1 Å². The summed E-state index contributed by atoms with van der Waals surface area (Å²) in [6, 6.07) is 7.02. The highest BCUT2D eigenvalue weighted by atomic mass is 19.4. The summed E-state index contributed by atoms with van der Waals surface area (Å²) in [5.41, 5.74) is -4.05. The molecule has 0 unspecified atom stereocenters. The van der Waals surface area contributed by atoms with E-state index in [2.05, 4.69) is 25.9 Å². The van der Waals surface area contributed by atoms with Gasteiger partial charge >= 0.3 is 30.5 Å². The number of rotatable bonds is 4. The van der Waals surface area contributed by atoms with Gasteiger partial charge in [0.25, 0.3) is 5.91 Å². The van der Waals surface area contributed by atoms with Crippen molar-refractivity contribution in [2.45, 2.75) is 125 Å². The van der Waals surface area contributed by atoms with Crippen molar-refractivity contribution in [2.24, 2.45) is 9.98 Å². The van der Waals surface area contributed by atoms with Crippen LogP contribution < -0.4 is 16.0 Å². The summed E-state index contributed by atoms with van der Waals surface area (Å²) >= 11 is 0. The van der Waals surface area contributed by atoms with E-state index < -0.39 is 75.8 Å². The smallest absolute Gasteiger partial charge is 0.437 e. The monoisotopic (exact) mass is 929 g/mol. The molecule has 20 heteroatoms. The summed E-state index contributed by atoms with van der Waals surface area (Å²) in [5.74, 6) is -2.19. The van der Waals surface area contributed by atoms with Gasteiger partial charge in [0.1, 0.15) is 28.2 Å². The number of guanidine groups is 2. The highest BCUT2D eigenvalue weighted by Crippen LogP contribution is 2.36. The molecule has 0 saturated heterocycles. The maximum absolute atomic E-state index is 15.7. The Balaban J connectivity index is 1.51. The van der Waals surface area contributed by atoms with Crippen LogP contribution in [0, 0.1) is 5.82 Å². The lowest BCUT2D eigenvalue weighted by molar-refractivity contribution is -0.137. The molecule has 0 saturated carbocycles. The first kappa shape index (κ1) is 52.2. The van der Waals surface area contributed by atoms with Crippen LogP contribution in [0.25, 0.3) is 11.1 Å². The van der Waals surface area contributed by atoms with Crippen molar-refractivity contribution in [1.29, 1.82) is 0 Å². The number of nitrogens with zero attached hydrogens (tertiary/aromatic N) is 4. The first-order valence-electron chi connectivity index (χ1n) is 21.1. The van der Waals surface area contributed by atoms with Gasteiger partial charge in [0.2, 0.25) is 11.9 Å². The SMILES string of the molecule is CC(C)(C)OC(=O)/N=C(/NC(=O)OC(C)(C)C)N1CC=C(c2ccc(C(=O)Nc3ccc(C4=CCN(/C(=N\C(=O)OC(C)(C)C)NC(=O)OC(C)(C)C)CC4)c(F)c3)c(C(F)(F)F)c2)CC1. The second-order valence-electron chi connectivity index (χ2n) is 19.3. The molecule has 0 atom stereocenters. The van der Waals surface area contributed by atoms with Gasteiger partial charge in [-0.2, -0.15) is 13.2 Å². The molecule has 2 heterocycles. The maximum atomic E-state index is 15.7. The van der Waals surface area contributed by atoms with Crippen molar-refractivity contribution >= 4 is 59.0 Å². The molecule has 2 aromatic carbocycles. The van der Waals surface area contributed by atoms with E-state index in [1.54, 1.807) is 100 Å². The number of ether oxygens (including phenoxy) is 4. The summed E-state index contributed by atoms with van der Waals surface area (Å²) in [5, 5.41) is 7.32. The molecule has 4 rings (SSSR count). The number of aliphatic imine (C=N–C) groups is 2.